The molecule has 1 fully saturated rings. The number of rotatable bonds is 5. The largest absolute Gasteiger partial charge is 0.389 e. The molecule has 1 aliphatic heterocycles. The lowest BCUT2D eigenvalue weighted by Gasteiger charge is -2.40. The lowest BCUT2D eigenvalue weighted by Crippen LogP contribution is -2.53. The standard InChI is InChI=1S/C14H30N2O/c1-12(2)10-15-6-8-16(9-7-15)11-14(5,17)13(3)4/h12-13,17H,6-11H2,1-5H3. The first-order chi connectivity index (χ1) is 7.81. The Labute approximate surface area is 107 Å². The van der Waals surface area contributed by atoms with E-state index in [4.69, 9.17) is 0 Å². The van der Waals surface area contributed by atoms with Gasteiger partial charge in [-0.15, -0.1) is 0 Å². The highest BCUT2D eigenvalue weighted by molar-refractivity contribution is 4.83. The molecule has 0 amide bonds. The molecule has 3 nitrogen and oxygen atoms in total. The van der Waals surface area contributed by atoms with E-state index in [0.29, 0.717) is 5.92 Å². The molecule has 0 radical (unpaired) electrons. The van der Waals surface area contributed by atoms with Crippen LogP contribution in [0.25, 0.3) is 0 Å². The average molecular weight is 242 g/mol. The van der Waals surface area contributed by atoms with Gasteiger partial charge in [0.15, 0.2) is 0 Å². The van der Waals surface area contributed by atoms with Crippen molar-refractivity contribution in [2.75, 3.05) is 39.3 Å². The van der Waals surface area contributed by atoms with Crippen molar-refractivity contribution in [3.05, 3.63) is 0 Å². The van der Waals surface area contributed by atoms with Crippen molar-refractivity contribution in [3.63, 3.8) is 0 Å². The summed E-state index contributed by atoms with van der Waals surface area (Å²) in [6.45, 7) is 17.2. The number of β-amino-alcohol motifs (C(OH)–C–C–N with tert-alkyl or cyclic N) is 1. The van der Waals surface area contributed by atoms with Crippen LogP contribution in [0.5, 0.6) is 0 Å². The van der Waals surface area contributed by atoms with Crippen LogP contribution >= 0.6 is 0 Å². The van der Waals surface area contributed by atoms with Gasteiger partial charge in [0.1, 0.15) is 0 Å². The summed E-state index contributed by atoms with van der Waals surface area (Å²) in [5.74, 6) is 1.07. The number of piperazine rings is 1. The molecule has 1 rings (SSSR count). The van der Waals surface area contributed by atoms with Crippen LogP contribution in [0.1, 0.15) is 34.6 Å². The van der Waals surface area contributed by atoms with Crippen molar-refractivity contribution in [1.29, 1.82) is 0 Å². The third-order valence-electron chi connectivity index (χ3n) is 3.88. The van der Waals surface area contributed by atoms with E-state index >= 15 is 0 Å². The molecule has 0 aromatic rings. The number of aliphatic hydroxyl groups is 1. The van der Waals surface area contributed by atoms with Gasteiger partial charge in [-0.1, -0.05) is 27.7 Å². The van der Waals surface area contributed by atoms with Crippen molar-refractivity contribution in [3.8, 4) is 0 Å². The Hall–Kier alpha value is -0.120. The van der Waals surface area contributed by atoms with Crippen molar-refractivity contribution in [1.82, 2.24) is 9.80 Å². The Morgan fingerprint density at radius 2 is 1.47 bits per heavy atom. The van der Waals surface area contributed by atoms with Crippen LogP contribution in [-0.4, -0.2) is 59.8 Å². The molecule has 0 saturated carbocycles. The monoisotopic (exact) mass is 242 g/mol. The average Bonchev–Trinajstić information content (AvgIpc) is 2.19. The third kappa shape index (κ3) is 4.94. The van der Waals surface area contributed by atoms with Crippen LogP contribution in [0.2, 0.25) is 0 Å². The van der Waals surface area contributed by atoms with E-state index < -0.39 is 5.60 Å². The highest BCUT2D eigenvalue weighted by atomic mass is 16.3. The van der Waals surface area contributed by atoms with Gasteiger partial charge in [-0.25, -0.2) is 0 Å². The van der Waals surface area contributed by atoms with E-state index in [9.17, 15) is 5.11 Å². The molecule has 1 atom stereocenters. The quantitative estimate of drug-likeness (QED) is 0.794. The molecule has 0 aliphatic carbocycles. The zero-order valence-corrected chi connectivity index (χ0v) is 12.2. The Balaban J connectivity index is 2.32. The molecule has 1 saturated heterocycles. The molecule has 0 aromatic heterocycles. The van der Waals surface area contributed by atoms with Crippen molar-refractivity contribution >= 4 is 0 Å². The topological polar surface area (TPSA) is 26.7 Å². The molecular formula is C14H30N2O. The minimum Gasteiger partial charge on any atom is -0.389 e. The van der Waals surface area contributed by atoms with Gasteiger partial charge in [-0.3, -0.25) is 4.90 Å². The molecule has 1 aliphatic rings. The fourth-order valence-electron chi connectivity index (χ4n) is 2.28. The van der Waals surface area contributed by atoms with E-state index in [2.05, 4.69) is 37.5 Å². The van der Waals surface area contributed by atoms with Gasteiger partial charge >= 0.3 is 0 Å². The van der Waals surface area contributed by atoms with Crippen molar-refractivity contribution in [2.45, 2.75) is 40.2 Å². The molecule has 17 heavy (non-hydrogen) atoms. The molecule has 3 heteroatoms. The predicted octanol–water partition coefficient (Wildman–Crippen LogP) is 1.67. The molecule has 1 unspecified atom stereocenters. The second-order valence-corrected chi connectivity index (χ2v) is 6.48. The van der Waals surface area contributed by atoms with Gasteiger partial charge in [0, 0.05) is 39.3 Å². The first-order valence-corrected chi connectivity index (χ1v) is 6.98. The molecule has 0 bridgehead atoms. The molecule has 102 valence electrons. The van der Waals surface area contributed by atoms with Crippen molar-refractivity contribution in [2.24, 2.45) is 11.8 Å². The summed E-state index contributed by atoms with van der Waals surface area (Å²) in [4.78, 5) is 4.93. The van der Waals surface area contributed by atoms with Crippen LogP contribution in [0, 0.1) is 11.8 Å². The van der Waals surface area contributed by atoms with Crippen LogP contribution in [-0.2, 0) is 0 Å². The van der Waals surface area contributed by atoms with E-state index in [0.717, 1.165) is 38.6 Å². The summed E-state index contributed by atoms with van der Waals surface area (Å²) in [7, 11) is 0. The number of hydrogen-bond donors (Lipinski definition) is 1. The second-order valence-electron chi connectivity index (χ2n) is 6.48. The molecular weight excluding hydrogens is 212 g/mol. The van der Waals surface area contributed by atoms with Gasteiger partial charge in [0.05, 0.1) is 5.60 Å². The second kappa shape index (κ2) is 6.17. The lowest BCUT2D eigenvalue weighted by atomic mass is 9.92. The summed E-state index contributed by atoms with van der Waals surface area (Å²) in [6, 6.07) is 0. The first kappa shape index (κ1) is 14.9. The first-order valence-electron chi connectivity index (χ1n) is 6.98. The summed E-state index contributed by atoms with van der Waals surface area (Å²) in [5.41, 5.74) is -0.555. The smallest absolute Gasteiger partial charge is 0.0768 e. The summed E-state index contributed by atoms with van der Waals surface area (Å²) in [6.07, 6.45) is 0. The van der Waals surface area contributed by atoms with E-state index in [1.165, 1.54) is 6.54 Å². The minimum atomic E-state index is -0.555. The zero-order valence-electron chi connectivity index (χ0n) is 12.2. The summed E-state index contributed by atoms with van der Waals surface area (Å²) in [5, 5.41) is 10.3. The normalized spacial score (nSPS) is 23.3. The van der Waals surface area contributed by atoms with Gasteiger partial charge in [-0.2, -0.15) is 0 Å². The van der Waals surface area contributed by atoms with Crippen LogP contribution in [0.3, 0.4) is 0 Å². The molecule has 1 N–H and O–H groups in total. The van der Waals surface area contributed by atoms with E-state index in [1.807, 2.05) is 6.92 Å². The van der Waals surface area contributed by atoms with Crippen LogP contribution in [0.15, 0.2) is 0 Å². The maximum absolute atomic E-state index is 10.3. The predicted molar refractivity (Wildman–Crippen MR) is 73.2 cm³/mol. The van der Waals surface area contributed by atoms with Gasteiger partial charge < -0.3 is 10.0 Å². The van der Waals surface area contributed by atoms with Crippen LogP contribution in [0.4, 0.5) is 0 Å². The maximum atomic E-state index is 10.3. The Morgan fingerprint density at radius 1 is 1.00 bits per heavy atom. The van der Waals surface area contributed by atoms with Gasteiger partial charge in [0.25, 0.3) is 0 Å². The SMILES string of the molecule is CC(C)CN1CCN(CC(C)(O)C(C)C)CC1. The third-order valence-corrected chi connectivity index (χ3v) is 3.88. The zero-order chi connectivity index (χ0) is 13.1. The number of nitrogens with zero attached hydrogens (tertiary/aromatic N) is 2. The van der Waals surface area contributed by atoms with Gasteiger partial charge in [0.2, 0.25) is 0 Å². The van der Waals surface area contributed by atoms with Crippen molar-refractivity contribution < 1.29 is 5.11 Å². The molecule has 0 aromatic carbocycles. The number of hydrogen-bond acceptors (Lipinski definition) is 3. The van der Waals surface area contributed by atoms with Gasteiger partial charge in [-0.05, 0) is 18.8 Å². The highest BCUT2D eigenvalue weighted by Crippen LogP contribution is 2.18. The van der Waals surface area contributed by atoms with Crippen LogP contribution < -0.4 is 0 Å². The van der Waals surface area contributed by atoms with E-state index in [1.54, 1.807) is 0 Å². The Bertz CT molecular complexity index is 218. The molecule has 1 heterocycles. The van der Waals surface area contributed by atoms with E-state index in [-0.39, 0.29) is 0 Å². The Kier molecular flexibility index (Phi) is 5.42. The maximum Gasteiger partial charge on any atom is 0.0768 e. The summed E-state index contributed by atoms with van der Waals surface area (Å²) < 4.78 is 0. The fourth-order valence-corrected chi connectivity index (χ4v) is 2.28. The Morgan fingerprint density at radius 3 is 1.88 bits per heavy atom. The molecule has 0 spiro atoms. The summed E-state index contributed by atoms with van der Waals surface area (Å²) >= 11 is 0. The fraction of sp³-hybridized carbons (Fsp3) is 1.00. The minimum absolute atomic E-state index is 0.316. The highest BCUT2D eigenvalue weighted by Gasteiger charge is 2.29. The lowest BCUT2D eigenvalue weighted by molar-refractivity contribution is -0.0296.